The Morgan fingerprint density at radius 1 is 0.967 bits per heavy atom. The molecule has 0 fully saturated rings. The Labute approximate surface area is 177 Å². The van der Waals surface area contributed by atoms with Crippen molar-refractivity contribution in [2.24, 2.45) is 0 Å². The van der Waals surface area contributed by atoms with E-state index in [1.807, 2.05) is 56.3 Å². The average Bonchev–Trinajstić information content (AvgIpc) is 3.20. The molecule has 6 heteroatoms. The van der Waals surface area contributed by atoms with Gasteiger partial charge < -0.3 is 4.90 Å². The summed E-state index contributed by atoms with van der Waals surface area (Å²) in [5.41, 5.74) is 4.99. The number of hydrogen-bond donors (Lipinski definition) is 0. The molecular weight excluding hydrogens is 396 g/mol. The van der Waals surface area contributed by atoms with E-state index in [0.717, 1.165) is 22.4 Å². The van der Waals surface area contributed by atoms with Crippen LogP contribution in [0.2, 0.25) is 0 Å². The highest BCUT2D eigenvalue weighted by atomic mass is 32.2. The van der Waals surface area contributed by atoms with E-state index >= 15 is 0 Å². The summed E-state index contributed by atoms with van der Waals surface area (Å²) in [5, 5.41) is 0. The number of carbonyl (C=O) groups excluding carboxylic acids is 1. The van der Waals surface area contributed by atoms with Crippen LogP contribution in [0, 0.1) is 13.8 Å². The number of fused-ring (bicyclic) bond motifs is 1. The lowest BCUT2D eigenvalue weighted by atomic mass is 10.1. The van der Waals surface area contributed by atoms with Gasteiger partial charge in [-0.3, -0.25) is 9.10 Å². The summed E-state index contributed by atoms with van der Waals surface area (Å²) in [6, 6.07) is 19.6. The fourth-order valence-corrected chi connectivity index (χ4v) is 5.43. The second-order valence-electron chi connectivity index (χ2n) is 7.57. The third kappa shape index (κ3) is 3.37. The van der Waals surface area contributed by atoms with Crippen molar-refractivity contribution in [2.75, 3.05) is 22.8 Å². The molecule has 3 aromatic carbocycles. The fraction of sp³-hybridized carbons (Fsp3) is 0.208. The molecule has 1 heterocycles. The van der Waals surface area contributed by atoms with Gasteiger partial charge in [-0.2, -0.15) is 0 Å². The van der Waals surface area contributed by atoms with Crippen LogP contribution in [0.4, 0.5) is 11.4 Å². The molecule has 0 saturated heterocycles. The van der Waals surface area contributed by atoms with Gasteiger partial charge in [-0.1, -0.05) is 36.4 Å². The van der Waals surface area contributed by atoms with Gasteiger partial charge >= 0.3 is 0 Å². The minimum atomic E-state index is -3.75. The second kappa shape index (κ2) is 7.61. The smallest absolute Gasteiger partial charge is 0.264 e. The summed E-state index contributed by atoms with van der Waals surface area (Å²) in [5.74, 6) is -0.248. The molecule has 0 saturated carbocycles. The average molecular weight is 421 g/mol. The van der Waals surface area contributed by atoms with Crippen LogP contribution >= 0.6 is 0 Å². The van der Waals surface area contributed by atoms with E-state index in [1.165, 1.54) is 10.4 Å². The summed E-state index contributed by atoms with van der Waals surface area (Å²) in [4.78, 5) is 14.8. The summed E-state index contributed by atoms with van der Waals surface area (Å²) in [7, 11) is -2.04. The first-order valence-corrected chi connectivity index (χ1v) is 11.3. The van der Waals surface area contributed by atoms with Gasteiger partial charge in [0.15, 0.2) is 0 Å². The first-order chi connectivity index (χ1) is 14.3. The largest absolute Gasteiger partial charge is 0.311 e. The predicted octanol–water partition coefficient (Wildman–Crippen LogP) is 4.33. The number of benzene rings is 3. The molecular formula is C24H24N2O3S. The third-order valence-corrected chi connectivity index (χ3v) is 7.56. The van der Waals surface area contributed by atoms with Crippen molar-refractivity contribution in [1.29, 1.82) is 0 Å². The lowest BCUT2D eigenvalue weighted by Gasteiger charge is -2.22. The maximum Gasteiger partial charge on any atom is 0.264 e. The molecule has 1 amide bonds. The molecule has 0 N–H and O–H groups in total. The number of carbonyl (C=O) groups is 1. The van der Waals surface area contributed by atoms with Crippen molar-refractivity contribution >= 4 is 27.3 Å². The van der Waals surface area contributed by atoms with Crippen LogP contribution in [0.5, 0.6) is 0 Å². The maximum atomic E-state index is 13.3. The number of nitrogens with zero attached hydrogens (tertiary/aromatic N) is 2. The molecule has 0 spiro atoms. The highest BCUT2D eigenvalue weighted by molar-refractivity contribution is 7.92. The van der Waals surface area contributed by atoms with Crippen molar-refractivity contribution in [3.8, 4) is 0 Å². The molecule has 4 rings (SSSR count). The summed E-state index contributed by atoms with van der Waals surface area (Å²) < 4.78 is 28.1. The van der Waals surface area contributed by atoms with Crippen LogP contribution < -0.4 is 9.21 Å². The van der Waals surface area contributed by atoms with Crippen molar-refractivity contribution < 1.29 is 13.2 Å². The second-order valence-corrected chi connectivity index (χ2v) is 9.43. The first kappa shape index (κ1) is 20.2. The van der Waals surface area contributed by atoms with Crippen molar-refractivity contribution in [1.82, 2.24) is 0 Å². The Balaban J connectivity index is 1.67. The number of aryl methyl sites for hydroxylation is 1. The monoisotopic (exact) mass is 420 g/mol. The number of rotatable bonds is 4. The van der Waals surface area contributed by atoms with Crippen LogP contribution in [0.1, 0.15) is 27.0 Å². The molecule has 30 heavy (non-hydrogen) atoms. The summed E-state index contributed by atoms with van der Waals surface area (Å²) in [6.45, 7) is 4.38. The van der Waals surface area contributed by atoms with Crippen LogP contribution in [-0.4, -0.2) is 27.9 Å². The zero-order valence-electron chi connectivity index (χ0n) is 17.3. The highest BCUT2D eigenvalue weighted by Gasteiger charge is 2.31. The van der Waals surface area contributed by atoms with Gasteiger partial charge in [-0.05, 0) is 67.3 Å². The SMILES string of the molecule is Cc1cccc(N(C)C(=O)c2cccc(S(=O)(=O)N3CCc4ccccc43)c2)c1C. The zero-order chi connectivity index (χ0) is 21.5. The van der Waals surface area contributed by atoms with Gasteiger partial charge in [0.05, 0.1) is 10.6 Å². The Bertz CT molecular complexity index is 1230. The van der Waals surface area contributed by atoms with Crippen LogP contribution in [0.25, 0.3) is 0 Å². The lowest BCUT2D eigenvalue weighted by Crippen LogP contribution is -2.30. The van der Waals surface area contributed by atoms with Gasteiger partial charge in [0.1, 0.15) is 0 Å². The van der Waals surface area contributed by atoms with E-state index < -0.39 is 10.0 Å². The summed E-state index contributed by atoms with van der Waals surface area (Å²) in [6.07, 6.45) is 0.684. The topological polar surface area (TPSA) is 57.7 Å². The Morgan fingerprint density at radius 2 is 1.70 bits per heavy atom. The van der Waals surface area contributed by atoms with E-state index in [-0.39, 0.29) is 10.8 Å². The normalized spacial score (nSPS) is 13.2. The van der Waals surface area contributed by atoms with Gasteiger partial charge in [0, 0.05) is 24.8 Å². The van der Waals surface area contributed by atoms with Gasteiger partial charge in [-0.25, -0.2) is 8.42 Å². The van der Waals surface area contributed by atoms with E-state index in [9.17, 15) is 13.2 Å². The van der Waals surface area contributed by atoms with Crippen LogP contribution in [-0.2, 0) is 16.4 Å². The molecule has 154 valence electrons. The fourth-order valence-electron chi connectivity index (χ4n) is 3.88. The Kier molecular flexibility index (Phi) is 5.12. The minimum Gasteiger partial charge on any atom is -0.311 e. The van der Waals surface area contributed by atoms with Gasteiger partial charge in [-0.15, -0.1) is 0 Å². The molecule has 5 nitrogen and oxygen atoms in total. The third-order valence-electron chi connectivity index (χ3n) is 5.76. The number of anilines is 2. The molecule has 1 aliphatic heterocycles. The molecule has 0 aliphatic carbocycles. The zero-order valence-corrected chi connectivity index (χ0v) is 18.1. The Morgan fingerprint density at radius 3 is 2.50 bits per heavy atom. The number of amides is 1. The molecule has 0 atom stereocenters. The van der Waals surface area contributed by atoms with E-state index in [0.29, 0.717) is 24.2 Å². The molecule has 0 radical (unpaired) electrons. The maximum absolute atomic E-state index is 13.3. The van der Waals surface area contributed by atoms with Crippen molar-refractivity contribution in [2.45, 2.75) is 25.2 Å². The minimum absolute atomic E-state index is 0.124. The van der Waals surface area contributed by atoms with Crippen LogP contribution in [0.3, 0.4) is 0 Å². The first-order valence-electron chi connectivity index (χ1n) is 9.85. The quantitative estimate of drug-likeness (QED) is 0.631. The Hall–Kier alpha value is -3.12. The van der Waals surface area contributed by atoms with Crippen molar-refractivity contribution in [3.63, 3.8) is 0 Å². The van der Waals surface area contributed by atoms with E-state index in [2.05, 4.69) is 0 Å². The molecule has 0 unspecified atom stereocenters. The molecule has 0 aromatic heterocycles. The highest BCUT2D eigenvalue weighted by Crippen LogP contribution is 2.33. The van der Waals surface area contributed by atoms with Crippen LogP contribution in [0.15, 0.2) is 71.6 Å². The van der Waals surface area contributed by atoms with Gasteiger partial charge in [0.2, 0.25) is 0 Å². The lowest BCUT2D eigenvalue weighted by molar-refractivity contribution is 0.0992. The van der Waals surface area contributed by atoms with E-state index in [1.54, 1.807) is 30.1 Å². The molecule has 3 aromatic rings. The molecule has 0 bridgehead atoms. The van der Waals surface area contributed by atoms with E-state index in [4.69, 9.17) is 0 Å². The number of sulfonamides is 1. The number of hydrogen-bond acceptors (Lipinski definition) is 3. The predicted molar refractivity (Wildman–Crippen MR) is 120 cm³/mol. The summed E-state index contributed by atoms with van der Waals surface area (Å²) >= 11 is 0. The molecule has 1 aliphatic rings. The standard InChI is InChI=1S/C24H24N2O3S/c1-17-8-6-13-22(18(17)2)25(3)24(27)20-10-7-11-21(16-20)30(28,29)26-15-14-19-9-4-5-12-23(19)26/h4-13,16H,14-15H2,1-3H3. The van der Waals surface area contributed by atoms with Gasteiger partial charge in [0.25, 0.3) is 15.9 Å². The van der Waals surface area contributed by atoms with Crippen molar-refractivity contribution in [3.05, 3.63) is 89.0 Å². The number of para-hydroxylation sites is 1.